The average molecular weight is 436 g/mol. The highest BCUT2D eigenvalue weighted by atomic mass is 35.5. The molecule has 1 heterocycles. The number of piperidine rings is 1. The minimum atomic E-state index is -0.896. The third kappa shape index (κ3) is 4.76. The van der Waals surface area contributed by atoms with E-state index in [1.165, 1.54) is 11.1 Å². The Balaban J connectivity index is 1.50. The molecule has 1 aliphatic rings. The summed E-state index contributed by atoms with van der Waals surface area (Å²) in [5.74, 6) is -0.486. The Morgan fingerprint density at radius 1 is 1.00 bits per heavy atom. The standard InChI is InChI=1S/C26H26ClNO3/c1-31-25(24-5-3-2-4-23(24)18-6-10-21(27)11-7-18)19-14-16-28(17-15-19)22-12-8-20(9-13-22)26(29)30/h2-13,19,25H,14-17H2,1H3,(H,29,30). The maximum atomic E-state index is 11.1. The Kier molecular flexibility index (Phi) is 6.59. The second kappa shape index (κ2) is 9.54. The lowest BCUT2D eigenvalue weighted by Crippen LogP contribution is -2.36. The van der Waals surface area contributed by atoms with Gasteiger partial charge in [-0.05, 0) is 71.8 Å². The van der Waals surface area contributed by atoms with Crippen LogP contribution in [0, 0.1) is 5.92 Å². The van der Waals surface area contributed by atoms with Crippen LogP contribution in [0.4, 0.5) is 5.69 Å². The summed E-state index contributed by atoms with van der Waals surface area (Å²) in [6.07, 6.45) is 2.03. The lowest BCUT2D eigenvalue weighted by molar-refractivity contribution is 0.0413. The second-order valence-corrected chi connectivity index (χ2v) is 8.36. The summed E-state index contributed by atoms with van der Waals surface area (Å²) < 4.78 is 6.03. The molecule has 3 aromatic carbocycles. The molecule has 0 bridgehead atoms. The molecular formula is C26H26ClNO3. The summed E-state index contributed by atoms with van der Waals surface area (Å²) in [7, 11) is 1.79. The van der Waals surface area contributed by atoms with Gasteiger partial charge in [0, 0.05) is 30.9 Å². The van der Waals surface area contributed by atoms with Crippen LogP contribution in [-0.2, 0) is 4.74 Å². The molecule has 1 unspecified atom stereocenters. The van der Waals surface area contributed by atoms with Crippen LogP contribution in [0.25, 0.3) is 11.1 Å². The van der Waals surface area contributed by atoms with Gasteiger partial charge < -0.3 is 14.7 Å². The summed E-state index contributed by atoms with van der Waals surface area (Å²) in [5, 5.41) is 9.83. The van der Waals surface area contributed by atoms with Gasteiger partial charge >= 0.3 is 5.97 Å². The molecule has 0 aliphatic carbocycles. The van der Waals surface area contributed by atoms with E-state index >= 15 is 0 Å². The Labute approximate surface area is 188 Å². The monoisotopic (exact) mass is 435 g/mol. The summed E-state index contributed by atoms with van der Waals surface area (Å²) in [5.41, 5.74) is 4.91. The van der Waals surface area contributed by atoms with Crippen LogP contribution in [-0.4, -0.2) is 31.3 Å². The number of hydrogen-bond acceptors (Lipinski definition) is 3. The lowest BCUT2D eigenvalue weighted by atomic mass is 9.84. The number of carboxylic acid groups (broad SMARTS) is 1. The van der Waals surface area contributed by atoms with Gasteiger partial charge in [-0.1, -0.05) is 48.0 Å². The molecule has 0 radical (unpaired) electrons. The van der Waals surface area contributed by atoms with Crippen molar-refractivity contribution >= 4 is 23.3 Å². The number of benzene rings is 3. The summed E-state index contributed by atoms with van der Waals surface area (Å²) >= 11 is 6.08. The van der Waals surface area contributed by atoms with E-state index in [0.717, 1.165) is 42.2 Å². The topological polar surface area (TPSA) is 49.8 Å². The van der Waals surface area contributed by atoms with E-state index in [2.05, 4.69) is 41.3 Å². The van der Waals surface area contributed by atoms with Gasteiger partial charge in [-0.15, -0.1) is 0 Å². The van der Waals surface area contributed by atoms with Crippen LogP contribution in [0.1, 0.15) is 34.9 Å². The molecule has 0 amide bonds. The second-order valence-electron chi connectivity index (χ2n) is 7.93. The van der Waals surface area contributed by atoms with E-state index in [-0.39, 0.29) is 6.10 Å². The van der Waals surface area contributed by atoms with E-state index in [9.17, 15) is 4.79 Å². The molecule has 160 valence electrons. The highest BCUT2D eigenvalue weighted by Gasteiger charge is 2.29. The Morgan fingerprint density at radius 3 is 2.26 bits per heavy atom. The first-order valence-electron chi connectivity index (χ1n) is 10.5. The zero-order valence-electron chi connectivity index (χ0n) is 17.5. The van der Waals surface area contributed by atoms with Crippen LogP contribution in [0.5, 0.6) is 0 Å². The molecule has 1 fully saturated rings. The number of anilines is 1. The number of aromatic carboxylic acids is 1. The van der Waals surface area contributed by atoms with Crippen molar-refractivity contribution in [3.05, 3.63) is 88.9 Å². The summed E-state index contributed by atoms with van der Waals surface area (Å²) in [6, 6.07) is 23.5. The van der Waals surface area contributed by atoms with Gasteiger partial charge in [0.1, 0.15) is 0 Å². The molecule has 1 atom stereocenters. The maximum Gasteiger partial charge on any atom is 0.335 e. The number of carbonyl (C=O) groups is 1. The van der Waals surface area contributed by atoms with E-state index in [4.69, 9.17) is 21.4 Å². The normalized spacial score (nSPS) is 15.6. The van der Waals surface area contributed by atoms with E-state index in [1.807, 2.05) is 24.3 Å². The smallest absolute Gasteiger partial charge is 0.335 e. The van der Waals surface area contributed by atoms with Gasteiger partial charge in [-0.3, -0.25) is 0 Å². The fourth-order valence-electron chi connectivity index (χ4n) is 4.49. The van der Waals surface area contributed by atoms with E-state index in [0.29, 0.717) is 11.5 Å². The molecule has 5 heteroatoms. The zero-order valence-corrected chi connectivity index (χ0v) is 18.3. The average Bonchev–Trinajstić information content (AvgIpc) is 2.81. The van der Waals surface area contributed by atoms with Gasteiger partial charge in [0.15, 0.2) is 0 Å². The number of rotatable bonds is 6. The lowest BCUT2D eigenvalue weighted by Gasteiger charge is -2.37. The van der Waals surface area contributed by atoms with Crippen molar-refractivity contribution in [2.45, 2.75) is 18.9 Å². The minimum absolute atomic E-state index is 0.0171. The van der Waals surface area contributed by atoms with Crippen LogP contribution >= 0.6 is 11.6 Å². The number of halogens is 1. The van der Waals surface area contributed by atoms with Crippen molar-refractivity contribution in [1.29, 1.82) is 0 Å². The molecular weight excluding hydrogens is 410 g/mol. The van der Waals surface area contributed by atoms with Crippen molar-refractivity contribution in [3.8, 4) is 11.1 Å². The van der Waals surface area contributed by atoms with E-state index < -0.39 is 5.97 Å². The quantitative estimate of drug-likeness (QED) is 0.493. The minimum Gasteiger partial charge on any atom is -0.478 e. The largest absolute Gasteiger partial charge is 0.478 e. The first kappa shape index (κ1) is 21.4. The molecule has 4 nitrogen and oxygen atoms in total. The summed E-state index contributed by atoms with van der Waals surface area (Å²) in [4.78, 5) is 13.4. The van der Waals surface area contributed by atoms with Gasteiger partial charge in [0.25, 0.3) is 0 Å². The molecule has 3 aromatic rings. The molecule has 1 aliphatic heterocycles. The molecule has 4 rings (SSSR count). The molecule has 31 heavy (non-hydrogen) atoms. The first-order chi connectivity index (χ1) is 15.1. The summed E-state index contributed by atoms with van der Waals surface area (Å²) in [6.45, 7) is 1.83. The van der Waals surface area contributed by atoms with Crippen molar-refractivity contribution in [1.82, 2.24) is 0 Å². The Bertz CT molecular complexity index is 1030. The Hall–Kier alpha value is -2.82. The molecule has 1 saturated heterocycles. The van der Waals surface area contributed by atoms with Gasteiger partial charge in [-0.25, -0.2) is 4.79 Å². The molecule has 0 saturated carbocycles. The van der Waals surface area contributed by atoms with Crippen LogP contribution in [0.2, 0.25) is 5.02 Å². The molecule has 1 N–H and O–H groups in total. The van der Waals surface area contributed by atoms with Gasteiger partial charge in [0.05, 0.1) is 11.7 Å². The third-order valence-electron chi connectivity index (χ3n) is 6.12. The van der Waals surface area contributed by atoms with Crippen LogP contribution < -0.4 is 4.90 Å². The predicted octanol–water partition coefficient (Wildman–Crippen LogP) is 6.31. The fraction of sp³-hybridized carbons (Fsp3) is 0.269. The molecule has 0 aromatic heterocycles. The number of ether oxygens (including phenoxy) is 1. The van der Waals surface area contributed by atoms with Crippen molar-refractivity contribution in [2.75, 3.05) is 25.1 Å². The van der Waals surface area contributed by atoms with E-state index in [1.54, 1.807) is 19.2 Å². The zero-order chi connectivity index (χ0) is 21.8. The van der Waals surface area contributed by atoms with Crippen LogP contribution in [0.15, 0.2) is 72.8 Å². The number of carboxylic acids is 1. The van der Waals surface area contributed by atoms with Crippen molar-refractivity contribution in [2.24, 2.45) is 5.92 Å². The van der Waals surface area contributed by atoms with Crippen molar-refractivity contribution < 1.29 is 14.6 Å². The number of nitrogens with zero attached hydrogens (tertiary/aromatic N) is 1. The third-order valence-corrected chi connectivity index (χ3v) is 6.38. The first-order valence-corrected chi connectivity index (χ1v) is 10.9. The number of methoxy groups -OCH3 is 1. The molecule has 0 spiro atoms. The SMILES string of the molecule is COC(c1ccccc1-c1ccc(Cl)cc1)C1CCN(c2ccc(C(=O)O)cc2)CC1. The van der Waals surface area contributed by atoms with Gasteiger partial charge in [0.2, 0.25) is 0 Å². The number of hydrogen-bond donors (Lipinski definition) is 1. The van der Waals surface area contributed by atoms with Crippen molar-refractivity contribution in [3.63, 3.8) is 0 Å². The van der Waals surface area contributed by atoms with Gasteiger partial charge in [-0.2, -0.15) is 0 Å². The maximum absolute atomic E-state index is 11.1. The fourth-order valence-corrected chi connectivity index (χ4v) is 4.61. The Morgan fingerprint density at radius 2 is 1.65 bits per heavy atom. The highest BCUT2D eigenvalue weighted by molar-refractivity contribution is 6.30. The highest BCUT2D eigenvalue weighted by Crippen LogP contribution is 2.39. The predicted molar refractivity (Wildman–Crippen MR) is 125 cm³/mol. The van der Waals surface area contributed by atoms with Crippen LogP contribution in [0.3, 0.4) is 0 Å².